The average molecular weight is 447 g/mol. The van der Waals surface area contributed by atoms with Gasteiger partial charge in [0.2, 0.25) is 0 Å². The predicted octanol–water partition coefficient (Wildman–Crippen LogP) is 4.49. The van der Waals surface area contributed by atoms with E-state index in [1.807, 2.05) is 31.2 Å². The molecule has 2 aliphatic rings. The molecule has 0 bridgehead atoms. The monoisotopic (exact) mass is 446 g/mol. The number of ether oxygens (including phenoxy) is 1. The van der Waals surface area contributed by atoms with Crippen molar-refractivity contribution in [3.63, 3.8) is 0 Å². The summed E-state index contributed by atoms with van der Waals surface area (Å²) in [4.78, 5) is 42.2. The van der Waals surface area contributed by atoms with E-state index in [2.05, 4.69) is 0 Å². The largest absolute Gasteiger partial charge is 0.494 e. The zero-order chi connectivity index (χ0) is 22.4. The molecule has 3 aromatic rings. The van der Waals surface area contributed by atoms with E-state index in [1.54, 1.807) is 53.4 Å². The van der Waals surface area contributed by atoms with E-state index in [1.165, 1.54) is 0 Å². The summed E-state index contributed by atoms with van der Waals surface area (Å²) >= 11 is 6.16. The van der Waals surface area contributed by atoms with Gasteiger partial charge in [0.25, 0.3) is 17.7 Å². The summed E-state index contributed by atoms with van der Waals surface area (Å²) in [5, 5.41) is 0.491. The Morgan fingerprint density at radius 3 is 2.06 bits per heavy atom. The van der Waals surface area contributed by atoms with Crippen LogP contribution in [-0.4, -0.2) is 35.3 Å². The summed E-state index contributed by atoms with van der Waals surface area (Å²) in [6.45, 7) is 2.44. The van der Waals surface area contributed by atoms with Crippen LogP contribution in [0.2, 0.25) is 5.02 Å². The lowest BCUT2D eigenvalue weighted by Crippen LogP contribution is -2.67. The molecule has 0 radical (unpaired) electrons. The fraction of sp³-hybridized carbons (Fsp3) is 0.160. The van der Waals surface area contributed by atoms with Gasteiger partial charge in [-0.1, -0.05) is 41.9 Å². The second-order valence-corrected chi connectivity index (χ2v) is 8.04. The molecule has 0 aliphatic carbocycles. The molecular weight excluding hydrogens is 428 g/mol. The normalized spacial score (nSPS) is 19.8. The Bertz CT molecular complexity index is 1210. The molecule has 3 aromatic carbocycles. The zero-order valence-electron chi connectivity index (χ0n) is 17.2. The van der Waals surface area contributed by atoms with E-state index in [-0.39, 0.29) is 5.91 Å². The highest BCUT2D eigenvalue weighted by Gasteiger charge is 2.57. The molecule has 1 saturated heterocycles. The highest BCUT2D eigenvalue weighted by molar-refractivity contribution is 6.31. The van der Waals surface area contributed by atoms with Crippen molar-refractivity contribution in [1.29, 1.82) is 0 Å². The minimum atomic E-state index is -0.945. The highest BCUT2D eigenvalue weighted by atomic mass is 35.5. The summed E-state index contributed by atoms with van der Waals surface area (Å²) in [5.74, 6) is -0.537. The van der Waals surface area contributed by atoms with Crippen molar-refractivity contribution in [1.82, 2.24) is 4.90 Å². The summed E-state index contributed by atoms with van der Waals surface area (Å²) in [5.41, 5.74) is 2.03. The van der Waals surface area contributed by atoms with Crippen LogP contribution < -0.4 is 9.64 Å². The predicted molar refractivity (Wildman–Crippen MR) is 120 cm³/mol. The smallest absolute Gasteiger partial charge is 0.262 e. The summed E-state index contributed by atoms with van der Waals surface area (Å²) < 4.78 is 5.53. The lowest BCUT2D eigenvalue weighted by Gasteiger charge is -2.49. The van der Waals surface area contributed by atoms with E-state index >= 15 is 0 Å². The topological polar surface area (TPSA) is 66.9 Å². The number of hydrogen-bond acceptors (Lipinski definition) is 4. The van der Waals surface area contributed by atoms with Crippen molar-refractivity contribution in [3.05, 3.63) is 94.5 Å². The average Bonchev–Trinajstić information content (AvgIpc) is 3.04. The maximum Gasteiger partial charge on any atom is 0.262 e. The Labute approximate surface area is 190 Å². The van der Waals surface area contributed by atoms with Gasteiger partial charge in [-0.2, -0.15) is 0 Å². The standard InChI is InChI=1S/C25H19ClN2O4/c1-2-32-18-12-10-15(11-13-18)21-22(25(31)27(21)17-7-5-6-16(26)14-17)28-23(29)19-8-3-4-9-20(19)24(28)30/h3-14,21-22H,2H2,1H3/t21-,22+/m0/s1. The van der Waals surface area contributed by atoms with Crippen LogP contribution in [0.3, 0.4) is 0 Å². The fourth-order valence-corrected chi connectivity index (χ4v) is 4.54. The number of nitrogens with zero attached hydrogens (tertiary/aromatic N) is 2. The van der Waals surface area contributed by atoms with Crippen LogP contribution in [0, 0.1) is 0 Å². The molecular formula is C25H19ClN2O4. The SMILES string of the molecule is CCOc1ccc([C@H]2[C@@H](N3C(=O)c4ccccc4C3=O)C(=O)N2c2cccc(Cl)c2)cc1. The Balaban J connectivity index is 1.57. The fourth-order valence-electron chi connectivity index (χ4n) is 4.36. The maximum atomic E-state index is 13.4. The van der Waals surface area contributed by atoms with Gasteiger partial charge in [0, 0.05) is 10.7 Å². The van der Waals surface area contributed by atoms with E-state index in [4.69, 9.17) is 16.3 Å². The van der Waals surface area contributed by atoms with Crippen LogP contribution in [0.5, 0.6) is 5.75 Å². The van der Waals surface area contributed by atoms with E-state index < -0.39 is 23.9 Å². The summed E-state index contributed by atoms with van der Waals surface area (Å²) in [6, 6.07) is 19.4. The Morgan fingerprint density at radius 2 is 1.47 bits per heavy atom. The molecule has 1 fully saturated rings. The van der Waals surface area contributed by atoms with Crippen molar-refractivity contribution in [2.45, 2.75) is 19.0 Å². The first-order valence-corrected chi connectivity index (χ1v) is 10.7. The molecule has 32 heavy (non-hydrogen) atoms. The quantitative estimate of drug-likeness (QED) is 0.428. The molecule has 5 rings (SSSR count). The molecule has 2 aliphatic heterocycles. The molecule has 0 saturated carbocycles. The third-order valence-electron chi connectivity index (χ3n) is 5.79. The van der Waals surface area contributed by atoms with Crippen LogP contribution in [0.25, 0.3) is 0 Å². The maximum absolute atomic E-state index is 13.4. The molecule has 0 unspecified atom stereocenters. The molecule has 2 heterocycles. The van der Waals surface area contributed by atoms with Gasteiger partial charge in [-0.3, -0.25) is 19.3 Å². The summed E-state index contributed by atoms with van der Waals surface area (Å²) in [6.07, 6.45) is 0. The zero-order valence-corrected chi connectivity index (χ0v) is 18.0. The first-order valence-electron chi connectivity index (χ1n) is 10.3. The third kappa shape index (κ3) is 3.07. The number of β-lactam (4-membered cyclic amide) rings is 1. The van der Waals surface area contributed by atoms with Gasteiger partial charge in [-0.25, -0.2) is 0 Å². The van der Waals surface area contributed by atoms with E-state index in [0.717, 1.165) is 10.5 Å². The van der Waals surface area contributed by atoms with Gasteiger partial charge in [-0.15, -0.1) is 0 Å². The van der Waals surface area contributed by atoms with Crippen LogP contribution in [0.4, 0.5) is 5.69 Å². The first-order chi connectivity index (χ1) is 15.5. The molecule has 6 nitrogen and oxygen atoms in total. The van der Waals surface area contributed by atoms with Crippen molar-refractivity contribution in [3.8, 4) is 5.75 Å². The number of rotatable bonds is 5. The van der Waals surface area contributed by atoms with Gasteiger partial charge >= 0.3 is 0 Å². The number of fused-ring (bicyclic) bond motifs is 1. The number of anilines is 1. The minimum Gasteiger partial charge on any atom is -0.494 e. The van der Waals surface area contributed by atoms with Gasteiger partial charge in [0.15, 0.2) is 0 Å². The number of halogens is 1. The number of benzene rings is 3. The second-order valence-electron chi connectivity index (χ2n) is 7.61. The molecule has 0 spiro atoms. The van der Waals surface area contributed by atoms with Crippen LogP contribution >= 0.6 is 11.6 Å². The number of carbonyl (C=O) groups excluding carboxylic acids is 3. The minimum absolute atomic E-state index is 0.317. The van der Waals surface area contributed by atoms with Gasteiger partial charge in [-0.05, 0) is 55.0 Å². The Hall–Kier alpha value is -3.64. The van der Waals surface area contributed by atoms with Gasteiger partial charge in [0.1, 0.15) is 11.8 Å². The van der Waals surface area contributed by atoms with Crippen molar-refractivity contribution in [2.75, 3.05) is 11.5 Å². The first kappa shape index (κ1) is 20.3. The number of imide groups is 1. The number of hydrogen-bond donors (Lipinski definition) is 0. The lowest BCUT2D eigenvalue weighted by molar-refractivity contribution is -0.130. The van der Waals surface area contributed by atoms with Crippen molar-refractivity contribution < 1.29 is 19.1 Å². The van der Waals surface area contributed by atoms with Gasteiger partial charge in [0.05, 0.1) is 23.8 Å². The van der Waals surface area contributed by atoms with Crippen molar-refractivity contribution >= 4 is 35.0 Å². The van der Waals surface area contributed by atoms with Crippen LogP contribution in [0.15, 0.2) is 72.8 Å². The Morgan fingerprint density at radius 1 is 0.812 bits per heavy atom. The van der Waals surface area contributed by atoms with Gasteiger partial charge < -0.3 is 9.64 Å². The Kier molecular flexibility index (Phi) is 4.94. The molecule has 160 valence electrons. The van der Waals surface area contributed by atoms with Crippen LogP contribution in [0.1, 0.15) is 39.2 Å². The molecule has 0 N–H and O–H groups in total. The molecule has 7 heteroatoms. The second kappa shape index (κ2) is 7.80. The summed E-state index contributed by atoms with van der Waals surface area (Å²) in [7, 11) is 0. The van der Waals surface area contributed by atoms with Crippen molar-refractivity contribution in [2.24, 2.45) is 0 Å². The third-order valence-corrected chi connectivity index (χ3v) is 6.03. The van der Waals surface area contributed by atoms with E-state index in [0.29, 0.717) is 34.2 Å². The molecule has 3 amide bonds. The lowest BCUT2D eigenvalue weighted by atomic mass is 9.86. The number of amides is 3. The molecule has 0 aromatic heterocycles. The van der Waals surface area contributed by atoms with E-state index in [9.17, 15) is 14.4 Å². The van der Waals surface area contributed by atoms with Crippen LogP contribution in [-0.2, 0) is 4.79 Å². The molecule has 2 atom stereocenters. The highest BCUT2D eigenvalue weighted by Crippen LogP contribution is 2.44. The number of carbonyl (C=O) groups is 3.